The quantitative estimate of drug-likeness (QED) is 0.682. The molecule has 0 aromatic heterocycles. The van der Waals surface area contributed by atoms with Gasteiger partial charge in [0.15, 0.2) is 0 Å². The molecule has 0 saturated carbocycles. The van der Waals surface area contributed by atoms with E-state index in [1.54, 1.807) is 16.7 Å². The zero-order valence-electron chi connectivity index (χ0n) is 11.4. The summed E-state index contributed by atoms with van der Waals surface area (Å²) in [6.07, 6.45) is 5.25. The van der Waals surface area contributed by atoms with E-state index in [9.17, 15) is 0 Å². The van der Waals surface area contributed by atoms with Crippen LogP contribution in [0.2, 0.25) is 0 Å². The number of aryl methyl sites for hydroxylation is 2. The maximum absolute atomic E-state index is 2.37. The van der Waals surface area contributed by atoms with Crippen molar-refractivity contribution in [2.75, 3.05) is 0 Å². The van der Waals surface area contributed by atoms with Gasteiger partial charge in [-0.1, -0.05) is 19.9 Å². The highest BCUT2D eigenvalue weighted by Crippen LogP contribution is 2.44. The average molecular weight is 216 g/mol. The first-order chi connectivity index (χ1) is 7.53. The summed E-state index contributed by atoms with van der Waals surface area (Å²) in [5.41, 5.74) is 8.42. The SMILES string of the molecule is CCC1(CC)Cc2c(C)cc(C)c(C)c2C1. The first-order valence-electron chi connectivity index (χ1n) is 6.61. The zero-order valence-corrected chi connectivity index (χ0v) is 11.4. The van der Waals surface area contributed by atoms with Gasteiger partial charge in [0.05, 0.1) is 0 Å². The van der Waals surface area contributed by atoms with E-state index in [2.05, 4.69) is 40.7 Å². The van der Waals surface area contributed by atoms with Gasteiger partial charge in [-0.15, -0.1) is 0 Å². The highest BCUT2D eigenvalue weighted by atomic mass is 14.4. The molecule has 0 heteroatoms. The normalized spacial score (nSPS) is 17.6. The van der Waals surface area contributed by atoms with Crippen LogP contribution in [-0.4, -0.2) is 0 Å². The Morgan fingerprint density at radius 3 is 2.06 bits per heavy atom. The molecule has 1 aliphatic rings. The Hall–Kier alpha value is -0.780. The van der Waals surface area contributed by atoms with Gasteiger partial charge in [0.1, 0.15) is 0 Å². The Morgan fingerprint density at radius 2 is 1.50 bits per heavy atom. The molecular weight excluding hydrogens is 192 g/mol. The Bertz CT molecular complexity index is 409. The molecule has 0 unspecified atom stereocenters. The van der Waals surface area contributed by atoms with Gasteiger partial charge in [-0.3, -0.25) is 0 Å². The molecule has 0 heterocycles. The predicted octanol–water partition coefficient (Wildman–Crippen LogP) is 4.52. The van der Waals surface area contributed by atoms with Gasteiger partial charge in [0.2, 0.25) is 0 Å². The summed E-state index contributed by atoms with van der Waals surface area (Å²) < 4.78 is 0. The summed E-state index contributed by atoms with van der Waals surface area (Å²) in [4.78, 5) is 0. The molecule has 1 aromatic carbocycles. The minimum absolute atomic E-state index is 0.561. The molecule has 0 saturated heterocycles. The zero-order chi connectivity index (χ0) is 11.9. The second-order valence-electron chi connectivity index (χ2n) is 5.65. The number of fused-ring (bicyclic) bond motifs is 1. The Labute approximate surface area is 100 Å². The highest BCUT2D eigenvalue weighted by molar-refractivity contribution is 5.48. The number of hydrogen-bond donors (Lipinski definition) is 0. The molecule has 0 aliphatic heterocycles. The molecule has 2 rings (SSSR count). The molecule has 0 bridgehead atoms. The molecular formula is C16H24. The molecule has 1 aromatic rings. The Morgan fingerprint density at radius 1 is 0.938 bits per heavy atom. The smallest absolute Gasteiger partial charge is 0.0213 e. The van der Waals surface area contributed by atoms with Crippen molar-refractivity contribution in [2.45, 2.75) is 60.3 Å². The van der Waals surface area contributed by atoms with Crippen LogP contribution in [0.25, 0.3) is 0 Å². The molecule has 16 heavy (non-hydrogen) atoms. The van der Waals surface area contributed by atoms with Crippen molar-refractivity contribution in [2.24, 2.45) is 5.41 Å². The Balaban J connectivity index is 2.52. The van der Waals surface area contributed by atoms with Gasteiger partial charge in [-0.2, -0.15) is 0 Å². The topological polar surface area (TPSA) is 0 Å². The van der Waals surface area contributed by atoms with Crippen LogP contribution in [0, 0.1) is 26.2 Å². The van der Waals surface area contributed by atoms with Crippen LogP contribution < -0.4 is 0 Å². The summed E-state index contributed by atoms with van der Waals surface area (Å²) in [6.45, 7) is 11.5. The van der Waals surface area contributed by atoms with E-state index in [0.29, 0.717) is 5.41 Å². The van der Waals surface area contributed by atoms with Gasteiger partial charge >= 0.3 is 0 Å². The van der Waals surface area contributed by atoms with Crippen LogP contribution in [0.3, 0.4) is 0 Å². The highest BCUT2D eigenvalue weighted by Gasteiger charge is 2.35. The van der Waals surface area contributed by atoms with E-state index in [-0.39, 0.29) is 0 Å². The molecule has 0 N–H and O–H groups in total. The third-order valence-electron chi connectivity index (χ3n) is 4.92. The van der Waals surface area contributed by atoms with E-state index in [0.717, 1.165) is 0 Å². The summed E-state index contributed by atoms with van der Waals surface area (Å²) in [7, 11) is 0. The lowest BCUT2D eigenvalue weighted by Crippen LogP contribution is -2.18. The summed E-state index contributed by atoms with van der Waals surface area (Å²) >= 11 is 0. The molecule has 1 aliphatic carbocycles. The number of rotatable bonds is 2. The summed E-state index contributed by atoms with van der Waals surface area (Å²) in [6, 6.07) is 2.37. The maximum atomic E-state index is 2.37. The second kappa shape index (κ2) is 3.91. The number of benzene rings is 1. The van der Waals surface area contributed by atoms with Gasteiger partial charge in [0.25, 0.3) is 0 Å². The lowest BCUT2D eigenvalue weighted by atomic mass is 9.79. The number of hydrogen-bond acceptors (Lipinski definition) is 0. The lowest BCUT2D eigenvalue weighted by molar-refractivity contribution is 0.280. The fourth-order valence-electron chi connectivity index (χ4n) is 3.27. The van der Waals surface area contributed by atoms with E-state index in [1.807, 2.05) is 0 Å². The average Bonchev–Trinajstić information content (AvgIpc) is 2.67. The monoisotopic (exact) mass is 216 g/mol. The minimum atomic E-state index is 0.561. The summed E-state index contributed by atoms with van der Waals surface area (Å²) in [5, 5.41) is 0. The van der Waals surface area contributed by atoms with Gasteiger partial charge in [-0.25, -0.2) is 0 Å². The minimum Gasteiger partial charge on any atom is -0.0648 e. The largest absolute Gasteiger partial charge is 0.0648 e. The molecule has 0 radical (unpaired) electrons. The summed E-state index contributed by atoms with van der Waals surface area (Å²) in [5.74, 6) is 0. The molecule has 0 atom stereocenters. The fraction of sp³-hybridized carbons (Fsp3) is 0.625. The van der Waals surface area contributed by atoms with E-state index >= 15 is 0 Å². The third-order valence-corrected chi connectivity index (χ3v) is 4.92. The van der Waals surface area contributed by atoms with E-state index < -0.39 is 0 Å². The van der Waals surface area contributed by atoms with Crippen molar-refractivity contribution in [3.8, 4) is 0 Å². The van der Waals surface area contributed by atoms with Crippen molar-refractivity contribution in [1.82, 2.24) is 0 Å². The van der Waals surface area contributed by atoms with Crippen LogP contribution in [0.15, 0.2) is 6.07 Å². The van der Waals surface area contributed by atoms with Crippen LogP contribution in [0.4, 0.5) is 0 Å². The van der Waals surface area contributed by atoms with Crippen LogP contribution in [0.1, 0.15) is 54.5 Å². The van der Waals surface area contributed by atoms with Gasteiger partial charge < -0.3 is 0 Å². The molecule has 0 nitrogen and oxygen atoms in total. The van der Waals surface area contributed by atoms with Gasteiger partial charge in [-0.05, 0) is 79.7 Å². The van der Waals surface area contributed by atoms with E-state index in [4.69, 9.17) is 0 Å². The first kappa shape index (κ1) is 11.7. The van der Waals surface area contributed by atoms with Crippen molar-refractivity contribution in [1.29, 1.82) is 0 Å². The Kier molecular flexibility index (Phi) is 2.86. The lowest BCUT2D eigenvalue weighted by Gasteiger charge is -2.25. The van der Waals surface area contributed by atoms with Crippen LogP contribution >= 0.6 is 0 Å². The molecule has 88 valence electrons. The molecule has 0 amide bonds. The maximum Gasteiger partial charge on any atom is -0.0213 e. The first-order valence-corrected chi connectivity index (χ1v) is 6.61. The van der Waals surface area contributed by atoms with Crippen LogP contribution in [-0.2, 0) is 12.8 Å². The molecule has 0 spiro atoms. The van der Waals surface area contributed by atoms with Crippen molar-refractivity contribution in [3.63, 3.8) is 0 Å². The van der Waals surface area contributed by atoms with E-state index in [1.165, 1.54) is 36.8 Å². The van der Waals surface area contributed by atoms with Crippen molar-refractivity contribution >= 4 is 0 Å². The van der Waals surface area contributed by atoms with Crippen molar-refractivity contribution in [3.05, 3.63) is 33.9 Å². The third kappa shape index (κ3) is 1.59. The fourth-order valence-corrected chi connectivity index (χ4v) is 3.27. The predicted molar refractivity (Wildman–Crippen MR) is 71.1 cm³/mol. The van der Waals surface area contributed by atoms with Gasteiger partial charge in [0, 0.05) is 0 Å². The standard InChI is InChI=1S/C16H24/c1-6-16(7-2)9-14-12(4)8-11(3)13(5)15(14)10-16/h8H,6-7,9-10H2,1-5H3. The second-order valence-corrected chi connectivity index (χ2v) is 5.65. The van der Waals surface area contributed by atoms with Crippen LogP contribution in [0.5, 0.6) is 0 Å². The molecule has 0 fully saturated rings. The van der Waals surface area contributed by atoms with Crippen molar-refractivity contribution < 1.29 is 0 Å².